The minimum absolute atomic E-state index is 0.0959. The number of hydrogen-bond donors (Lipinski definition) is 3. The quantitative estimate of drug-likeness (QED) is 0.482. The van der Waals surface area contributed by atoms with Gasteiger partial charge in [-0.15, -0.1) is 12.6 Å². The van der Waals surface area contributed by atoms with E-state index in [-0.39, 0.29) is 17.4 Å². The lowest BCUT2D eigenvalue weighted by molar-refractivity contribution is 0.475. The average Bonchev–Trinajstić information content (AvgIpc) is 3.13. The summed E-state index contributed by atoms with van der Waals surface area (Å²) in [7, 11) is 0. The lowest BCUT2D eigenvalue weighted by atomic mass is 10.2. The Morgan fingerprint density at radius 1 is 1.19 bits per heavy atom. The van der Waals surface area contributed by atoms with Crippen LogP contribution in [0, 0.1) is 6.92 Å². The number of pyridine rings is 1. The second-order valence-electron chi connectivity index (χ2n) is 6.68. The third-order valence-electron chi connectivity index (χ3n) is 4.88. The molecular formula is C19H20N4O2S. The minimum atomic E-state index is -0.0959. The molecule has 0 unspecified atom stereocenters. The van der Waals surface area contributed by atoms with Gasteiger partial charge in [-0.1, -0.05) is 12.8 Å². The Morgan fingerprint density at radius 2 is 1.88 bits per heavy atom. The highest BCUT2D eigenvalue weighted by Crippen LogP contribution is 2.32. The predicted octanol–water partition coefficient (Wildman–Crippen LogP) is 3.95. The van der Waals surface area contributed by atoms with Gasteiger partial charge in [0.25, 0.3) is 5.56 Å². The highest BCUT2D eigenvalue weighted by molar-refractivity contribution is 7.80. The Balaban J connectivity index is 1.86. The topological polar surface area (TPSA) is 80.0 Å². The van der Waals surface area contributed by atoms with Crippen LogP contribution < -0.4 is 10.9 Å². The normalized spacial score (nSPS) is 14.8. The number of aromatic nitrogens is 3. The fourth-order valence-electron chi connectivity index (χ4n) is 3.57. The molecule has 0 spiro atoms. The van der Waals surface area contributed by atoms with E-state index in [0.717, 1.165) is 42.5 Å². The molecule has 1 aliphatic rings. The van der Waals surface area contributed by atoms with Crippen molar-refractivity contribution in [2.45, 2.75) is 43.5 Å². The van der Waals surface area contributed by atoms with Crippen LogP contribution in [-0.2, 0) is 0 Å². The molecule has 4 rings (SSSR count). The van der Waals surface area contributed by atoms with Gasteiger partial charge in [0, 0.05) is 17.1 Å². The Hall–Kier alpha value is -2.54. The van der Waals surface area contributed by atoms with Gasteiger partial charge >= 0.3 is 0 Å². The lowest BCUT2D eigenvalue weighted by Gasteiger charge is -2.18. The van der Waals surface area contributed by atoms with Gasteiger partial charge in [-0.05, 0) is 50.1 Å². The zero-order valence-electron chi connectivity index (χ0n) is 14.4. The number of benzene rings is 1. The minimum Gasteiger partial charge on any atom is -0.508 e. The van der Waals surface area contributed by atoms with E-state index < -0.39 is 0 Å². The summed E-state index contributed by atoms with van der Waals surface area (Å²) in [5, 5.41) is 13.4. The van der Waals surface area contributed by atoms with Crippen molar-refractivity contribution in [3.05, 3.63) is 46.4 Å². The van der Waals surface area contributed by atoms with Gasteiger partial charge in [0.1, 0.15) is 11.4 Å². The van der Waals surface area contributed by atoms with Crippen LogP contribution in [0.1, 0.15) is 37.4 Å². The highest BCUT2D eigenvalue weighted by Gasteiger charge is 2.22. The molecule has 2 heterocycles. The predicted molar refractivity (Wildman–Crippen MR) is 105 cm³/mol. The van der Waals surface area contributed by atoms with Crippen LogP contribution in [0.25, 0.3) is 11.0 Å². The van der Waals surface area contributed by atoms with Crippen molar-refractivity contribution in [2.75, 3.05) is 5.32 Å². The van der Waals surface area contributed by atoms with Gasteiger partial charge in [-0.2, -0.15) is 4.98 Å². The first-order valence-corrected chi connectivity index (χ1v) is 9.16. The molecule has 0 saturated heterocycles. The second-order valence-corrected chi connectivity index (χ2v) is 7.17. The molecule has 2 N–H and O–H groups in total. The number of hydrogen-bond acceptors (Lipinski definition) is 6. The van der Waals surface area contributed by atoms with Gasteiger partial charge in [0.2, 0.25) is 5.95 Å². The number of aryl methyl sites for hydroxylation is 1. The Labute approximate surface area is 156 Å². The molecule has 0 aliphatic heterocycles. The van der Waals surface area contributed by atoms with Crippen LogP contribution in [0.5, 0.6) is 5.75 Å². The molecular weight excluding hydrogens is 348 g/mol. The number of anilines is 2. The molecule has 0 radical (unpaired) electrons. The van der Waals surface area contributed by atoms with Crippen LogP contribution in [-0.4, -0.2) is 19.6 Å². The molecule has 134 valence electrons. The van der Waals surface area contributed by atoms with Crippen molar-refractivity contribution < 1.29 is 5.11 Å². The molecule has 1 aromatic carbocycles. The molecule has 7 heteroatoms. The molecule has 1 aliphatic carbocycles. The number of nitrogens with zero attached hydrogens (tertiary/aromatic N) is 3. The van der Waals surface area contributed by atoms with Crippen molar-refractivity contribution in [2.24, 2.45) is 0 Å². The SMILES string of the molecule is Cc1nc(Nc2ccc(O)cc2)nc2c1cc(S)c(=O)n2C1CCCC1. The van der Waals surface area contributed by atoms with Crippen molar-refractivity contribution >= 4 is 35.3 Å². The summed E-state index contributed by atoms with van der Waals surface area (Å²) in [4.78, 5) is 22.4. The van der Waals surface area contributed by atoms with Gasteiger partial charge < -0.3 is 10.4 Å². The largest absolute Gasteiger partial charge is 0.508 e. The molecule has 1 fully saturated rings. The zero-order valence-corrected chi connectivity index (χ0v) is 15.3. The third kappa shape index (κ3) is 3.03. The Morgan fingerprint density at radius 3 is 2.58 bits per heavy atom. The third-order valence-corrected chi connectivity index (χ3v) is 5.20. The van der Waals surface area contributed by atoms with E-state index in [2.05, 4.69) is 27.9 Å². The van der Waals surface area contributed by atoms with Gasteiger partial charge in [-0.25, -0.2) is 4.98 Å². The second kappa shape index (κ2) is 6.64. The summed E-state index contributed by atoms with van der Waals surface area (Å²) in [6.45, 7) is 1.91. The molecule has 0 amide bonds. The lowest BCUT2D eigenvalue weighted by Crippen LogP contribution is -2.25. The fraction of sp³-hybridized carbons (Fsp3) is 0.316. The summed E-state index contributed by atoms with van der Waals surface area (Å²) in [5.74, 6) is 0.626. The molecule has 1 saturated carbocycles. The van der Waals surface area contributed by atoms with Gasteiger partial charge in [0.15, 0.2) is 0 Å². The fourth-order valence-corrected chi connectivity index (χ4v) is 3.80. The number of nitrogens with one attached hydrogen (secondary N) is 1. The summed E-state index contributed by atoms with van der Waals surface area (Å²) < 4.78 is 1.79. The highest BCUT2D eigenvalue weighted by atomic mass is 32.1. The van der Waals surface area contributed by atoms with Crippen molar-refractivity contribution in [1.29, 1.82) is 0 Å². The maximum atomic E-state index is 12.8. The molecule has 0 atom stereocenters. The standard InChI is InChI=1S/C19H20N4O2S/c1-11-15-10-16(26)18(25)23(13-4-2-3-5-13)17(15)22-19(20-11)21-12-6-8-14(24)9-7-12/h6-10,13,24,26H,2-5H2,1H3,(H,20,21,22). The van der Waals surface area contributed by atoms with E-state index in [4.69, 9.17) is 0 Å². The first kappa shape index (κ1) is 16.9. The number of fused-ring (bicyclic) bond motifs is 1. The van der Waals surface area contributed by atoms with Crippen LogP contribution >= 0.6 is 12.6 Å². The number of thiol groups is 1. The van der Waals surface area contributed by atoms with Gasteiger partial charge in [-0.3, -0.25) is 9.36 Å². The number of rotatable bonds is 3. The molecule has 2 aromatic heterocycles. The van der Waals surface area contributed by atoms with Crippen LogP contribution in [0.4, 0.5) is 11.6 Å². The monoisotopic (exact) mass is 368 g/mol. The maximum Gasteiger partial charge on any atom is 0.265 e. The summed E-state index contributed by atoms with van der Waals surface area (Å²) >= 11 is 4.37. The molecule has 3 aromatic rings. The molecule has 26 heavy (non-hydrogen) atoms. The van der Waals surface area contributed by atoms with E-state index in [9.17, 15) is 9.90 Å². The smallest absolute Gasteiger partial charge is 0.265 e. The zero-order chi connectivity index (χ0) is 18.3. The number of aromatic hydroxyl groups is 1. The van der Waals surface area contributed by atoms with Gasteiger partial charge in [0.05, 0.1) is 10.6 Å². The summed E-state index contributed by atoms with van der Waals surface area (Å²) in [5.41, 5.74) is 2.11. The summed E-state index contributed by atoms with van der Waals surface area (Å²) in [6.07, 6.45) is 4.21. The maximum absolute atomic E-state index is 12.8. The first-order valence-electron chi connectivity index (χ1n) is 8.72. The molecule has 0 bridgehead atoms. The van der Waals surface area contributed by atoms with E-state index in [0.29, 0.717) is 16.5 Å². The van der Waals surface area contributed by atoms with E-state index in [1.165, 1.54) is 0 Å². The Bertz CT molecular complexity index is 1020. The van der Waals surface area contributed by atoms with Crippen LogP contribution in [0.2, 0.25) is 0 Å². The van der Waals surface area contributed by atoms with Crippen molar-refractivity contribution in [3.8, 4) is 5.75 Å². The molecule has 6 nitrogen and oxygen atoms in total. The van der Waals surface area contributed by atoms with Crippen molar-refractivity contribution in [1.82, 2.24) is 14.5 Å². The average molecular weight is 368 g/mol. The first-order chi connectivity index (χ1) is 12.5. The Kier molecular flexibility index (Phi) is 4.32. The van der Waals surface area contributed by atoms with Crippen molar-refractivity contribution in [3.63, 3.8) is 0 Å². The number of phenols is 1. The van der Waals surface area contributed by atoms with E-state index >= 15 is 0 Å². The number of phenolic OH excluding ortho intramolecular Hbond substituents is 1. The van der Waals surface area contributed by atoms with E-state index in [1.807, 2.05) is 6.92 Å². The van der Waals surface area contributed by atoms with E-state index in [1.54, 1.807) is 34.9 Å². The van der Waals surface area contributed by atoms with Crippen LogP contribution in [0.15, 0.2) is 40.0 Å². The van der Waals surface area contributed by atoms with Crippen LogP contribution in [0.3, 0.4) is 0 Å². The summed E-state index contributed by atoms with van der Waals surface area (Å²) in [6, 6.07) is 8.60.